The normalized spacial score (nSPS) is 12.1. The average Bonchev–Trinajstić information content (AvgIpc) is 2.39. The molecule has 0 heterocycles. The molecular weight excluding hydrogens is 252 g/mol. The van der Waals surface area contributed by atoms with E-state index >= 15 is 0 Å². The summed E-state index contributed by atoms with van der Waals surface area (Å²) in [4.78, 5) is 10.7. The van der Waals surface area contributed by atoms with Crippen LogP contribution in [-0.4, -0.2) is 16.2 Å². The highest BCUT2D eigenvalue weighted by molar-refractivity contribution is 6.30. The maximum absolute atomic E-state index is 10.7. The summed E-state index contributed by atoms with van der Waals surface area (Å²) in [6.07, 6.45) is -0.787. The summed E-state index contributed by atoms with van der Waals surface area (Å²) in [5.41, 5.74) is 1.55. The highest BCUT2D eigenvalue weighted by atomic mass is 35.5. The number of hydrogen-bond acceptors (Lipinski definition) is 2. The van der Waals surface area contributed by atoms with Crippen LogP contribution >= 0.6 is 11.6 Å². The first-order valence-electron chi connectivity index (χ1n) is 5.34. The van der Waals surface area contributed by atoms with Gasteiger partial charge >= 0.3 is 5.97 Å². The van der Waals surface area contributed by atoms with Gasteiger partial charge in [-0.25, -0.2) is 4.79 Å². The number of hydrogen-bond donors (Lipinski definition) is 2. The van der Waals surface area contributed by atoms with Crippen LogP contribution in [0.25, 0.3) is 0 Å². The molecule has 4 heteroatoms. The maximum atomic E-state index is 10.7. The number of halogens is 1. The quantitative estimate of drug-likeness (QED) is 0.894. The summed E-state index contributed by atoms with van der Waals surface area (Å²) in [6.45, 7) is 0. The fourth-order valence-electron chi connectivity index (χ4n) is 1.65. The number of aliphatic hydroxyl groups excluding tert-OH is 1. The summed E-state index contributed by atoms with van der Waals surface area (Å²) in [5, 5.41) is 19.5. The van der Waals surface area contributed by atoms with E-state index in [1.807, 2.05) is 0 Å². The van der Waals surface area contributed by atoms with Gasteiger partial charge in [0.25, 0.3) is 0 Å². The van der Waals surface area contributed by atoms with E-state index in [0.717, 1.165) is 0 Å². The molecule has 2 rings (SSSR count). The fourth-order valence-corrected chi connectivity index (χ4v) is 1.77. The van der Waals surface area contributed by atoms with E-state index in [-0.39, 0.29) is 5.56 Å². The van der Waals surface area contributed by atoms with Gasteiger partial charge in [-0.3, -0.25) is 0 Å². The molecule has 0 aliphatic rings. The van der Waals surface area contributed by atoms with Gasteiger partial charge < -0.3 is 10.2 Å². The van der Waals surface area contributed by atoms with E-state index in [9.17, 15) is 9.90 Å². The highest BCUT2D eigenvalue weighted by Crippen LogP contribution is 2.23. The SMILES string of the molecule is O=C(O)c1ccc(C(O)c2ccc(Cl)cc2)cc1. The first kappa shape index (κ1) is 12.6. The zero-order valence-electron chi connectivity index (χ0n) is 9.38. The zero-order chi connectivity index (χ0) is 13.1. The lowest BCUT2D eigenvalue weighted by Crippen LogP contribution is -2.01. The number of aromatic carboxylic acids is 1. The molecule has 0 bridgehead atoms. The fraction of sp³-hybridized carbons (Fsp3) is 0.0714. The first-order valence-corrected chi connectivity index (χ1v) is 5.72. The lowest BCUT2D eigenvalue weighted by atomic mass is 10.0. The van der Waals surface area contributed by atoms with E-state index < -0.39 is 12.1 Å². The Morgan fingerprint density at radius 2 is 1.39 bits per heavy atom. The van der Waals surface area contributed by atoms with Crippen molar-refractivity contribution in [3.63, 3.8) is 0 Å². The molecule has 1 unspecified atom stereocenters. The molecule has 92 valence electrons. The number of rotatable bonds is 3. The molecule has 2 aromatic carbocycles. The topological polar surface area (TPSA) is 57.5 Å². The zero-order valence-corrected chi connectivity index (χ0v) is 10.1. The lowest BCUT2D eigenvalue weighted by Gasteiger charge is -2.11. The molecule has 0 fully saturated rings. The summed E-state index contributed by atoms with van der Waals surface area (Å²) in [5.74, 6) is -0.984. The van der Waals surface area contributed by atoms with Crippen LogP contribution in [-0.2, 0) is 0 Å². The second kappa shape index (κ2) is 5.21. The smallest absolute Gasteiger partial charge is 0.335 e. The first-order chi connectivity index (χ1) is 8.58. The van der Waals surface area contributed by atoms with Gasteiger partial charge in [-0.15, -0.1) is 0 Å². The average molecular weight is 263 g/mol. The summed E-state index contributed by atoms with van der Waals surface area (Å²) >= 11 is 5.77. The van der Waals surface area contributed by atoms with Crippen LogP contribution in [0, 0.1) is 0 Å². The van der Waals surface area contributed by atoms with Crippen molar-refractivity contribution >= 4 is 17.6 Å². The molecule has 0 aliphatic carbocycles. The Morgan fingerprint density at radius 1 is 0.944 bits per heavy atom. The molecule has 0 aliphatic heterocycles. The van der Waals surface area contributed by atoms with Gasteiger partial charge in [-0.2, -0.15) is 0 Å². The van der Waals surface area contributed by atoms with Crippen molar-refractivity contribution < 1.29 is 15.0 Å². The largest absolute Gasteiger partial charge is 0.478 e. The third-order valence-electron chi connectivity index (χ3n) is 2.66. The van der Waals surface area contributed by atoms with E-state index in [2.05, 4.69) is 0 Å². The van der Waals surface area contributed by atoms with Crippen molar-refractivity contribution in [2.24, 2.45) is 0 Å². The maximum Gasteiger partial charge on any atom is 0.335 e. The Bertz CT molecular complexity index is 546. The molecule has 0 aromatic heterocycles. The Balaban J connectivity index is 2.25. The van der Waals surface area contributed by atoms with Crippen molar-refractivity contribution in [1.82, 2.24) is 0 Å². The molecule has 18 heavy (non-hydrogen) atoms. The lowest BCUT2D eigenvalue weighted by molar-refractivity contribution is 0.0696. The third-order valence-corrected chi connectivity index (χ3v) is 2.91. The third kappa shape index (κ3) is 2.70. The molecule has 2 aromatic rings. The van der Waals surface area contributed by atoms with Gasteiger partial charge in [0, 0.05) is 5.02 Å². The predicted octanol–water partition coefficient (Wildman–Crippen LogP) is 3.12. The van der Waals surface area contributed by atoms with Gasteiger partial charge in [0.2, 0.25) is 0 Å². The van der Waals surface area contributed by atoms with E-state index in [1.165, 1.54) is 12.1 Å². The highest BCUT2D eigenvalue weighted by Gasteiger charge is 2.11. The minimum absolute atomic E-state index is 0.196. The Kier molecular flexibility index (Phi) is 3.65. The Hall–Kier alpha value is -1.84. The van der Waals surface area contributed by atoms with Crippen molar-refractivity contribution in [1.29, 1.82) is 0 Å². The van der Waals surface area contributed by atoms with Crippen LogP contribution in [0.2, 0.25) is 5.02 Å². The van der Waals surface area contributed by atoms with Crippen LogP contribution in [0.15, 0.2) is 48.5 Å². The van der Waals surface area contributed by atoms with Crippen LogP contribution in [0.4, 0.5) is 0 Å². The van der Waals surface area contributed by atoms with Crippen molar-refractivity contribution in [2.45, 2.75) is 6.10 Å². The van der Waals surface area contributed by atoms with Gasteiger partial charge in [0.1, 0.15) is 6.10 Å². The number of aliphatic hydroxyl groups is 1. The second-order valence-electron chi connectivity index (χ2n) is 3.88. The molecule has 2 N–H and O–H groups in total. The van der Waals surface area contributed by atoms with Gasteiger partial charge in [-0.1, -0.05) is 35.9 Å². The molecule has 0 saturated heterocycles. The van der Waals surface area contributed by atoms with E-state index in [0.29, 0.717) is 16.1 Å². The second-order valence-corrected chi connectivity index (χ2v) is 4.32. The monoisotopic (exact) mass is 262 g/mol. The standard InChI is InChI=1S/C14H11ClO3/c15-12-7-5-10(6-8-12)13(16)9-1-3-11(4-2-9)14(17)18/h1-8,13,16H,(H,17,18). The Morgan fingerprint density at radius 3 is 1.83 bits per heavy atom. The van der Waals surface area contributed by atoms with Gasteiger partial charge in [0.05, 0.1) is 5.56 Å². The predicted molar refractivity (Wildman–Crippen MR) is 68.9 cm³/mol. The summed E-state index contributed by atoms with van der Waals surface area (Å²) in [7, 11) is 0. The molecule has 3 nitrogen and oxygen atoms in total. The van der Waals surface area contributed by atoms with Crippen LogP contribution in [0.1, 0.15) is 27.6 Å². The number of carbonyl (C=O) groups is 1. The van der Waals surface area contributed by atoms with Gasteiger partial charge in [0.15, 0.2) is 0 Å². The molecule has 0 radical (unpaired) electrons. The molecular formula is C14H11ClO3. The van der Waals surface area contributed by atoms with Crippen LogP contribution < -0.4 is 0 Å². The van der Waals surface area contributed by atoms with E-state index in [1.54, 1.807) is 36.4 Å². The van der Waals surface area contributed by atoms with Crippen LogP contribution in [0.5, 0.6) is 0 Å². The number of carboxylic acids is 1. The minimum Gasteiger partial charge on any atom is -0.478 e. The minimum atomic E-state index is -0.984. The van der Waals surface area contributed by atoms with Crippen molar-refractivity contribution in [3.05, 3.63) is 70.2 Å². The molecule has 1 atom stereocenters. The summed E-state index contributed by atoms with van der Waals surface area (Å²) < 4.78 is 0. The Labute approximate surface area is 109 Å². The molecule has 0 saturated carbocycles. The van der Waals surface area contributed by atoms with E-state index in [4.69, 9.17) is 16.7 Å². The van der Waals surface area contributed by atoms with Crippen LogP contribution in [0.3, 0.4) is 0 Å². The summed E-state index contributed by atoms with van der Waals surface area (Å²) in [6, 6.07) is 13.0. The van der Waals surface area contributed by atoms with Gasteiger partial charge in [-0.05, 0) is 35.4 Å². The molecule has 0 spiro atoms. The molecule has 0 amide bonds. The number of benzene rings is 2. The number of carboxylic acid groups (broad SMARTS) is 1. The van der Waals surface area contributed by atoms with Crippen molar-refractivity contribution in [2.75, 3.05) is 0 Å². The van der Waals surface area contributed by atoms with Crippen molar-refractivity contribution in [3.8, 4) is 0 Å².